The maximum Gasteiger partial charge on any atom is 0.322 e. The zero-order chi connectivity index (χ0) is 13.1. The Hall–Kier alpha value is -1.58. The first-order valence-corrected chi connectivity index (χ1v) is 6.45. The number of nitrogens with one attached hydrogen (secondary N) is 1. The van der Waals surface area contributed by atoms with E-state index in [1.807, 2.05) is 4.90 Å². The highest BCUT2D eigenvalue weighted by molar-refractivity contribution is 5.89. The van der Waals surface area contributed by atoms with E-state index in [1.165, 1.54) is 6.07 Å². The Morgan fingerprint density at radius 3 is 3.00 bits per heavy atom. The molecular formula is C14H19FN2O. The molecule has 1 unspecified atom stereocenters. The lowest BCUT2D eigenvalue weighted by Gasteiger charge is -2.24. The van der Waals surface area contributed by atoms with Gasteiger partial charge in [0, 0.05) is 18.3 Å². The Balaban J connectivity index is 2.04. The smallest absolute Gasteiger partial charge is 0.322 e. The molecule has 0 saturated carbocycles. The van der Waals surface area contributed by atoms with Crippen LogP contribution >= 0.6 is 0 Å². The quantitative estimate of drug-likeness (QED) is 0.855. The third-order valence-electron chi connectivity index (χ3n) is 3.52. The van der Waals surface area contributed by atoms with E-state index in [0.29, 0.717) is 17.3 Å². The maximum atomic E-state index is 13.1. The van der Waals surface area contributed by atoms with Crippen LogP contribution in [0.2, 0.25) is 0 Å². The predicted octanol–water partition coefficient (Wildman–Crippen LogP) is 3.54. The van der Waals surface area contributed by atoms with Crippen LogP contribution in [0.25, 0.3) is 0 Å². The molecule has 1 heterocycles. The average Bonchev–Trinajstić information content (AvgIpc) is 2.82. The molecule has 1 aromatic carbocycles. The monoisotopic (exact) mass is 250 g/mol. The second-order valence-corrected chi connectivity index (χ2v) is 4.79. The number of halogens is 1. The summed E-state index contributed by atoms with van der Waals surface area (Å²) < 4.78 is 13.1. The molecule has 0 aliphatic carbocycles. The summed E-state index contributed by atoms with van der Waals surface area (Å²) in [4.78, 5) is 14.0. The molecule has 0 bridgehead atoms. The number of likely N-dealkylation sites (tertiary alicyclic amines) is 1. The predicted molar refractivity (Wildman–Crippen MR) is 70.2 cm³/mol. The number of carbonyl (C=O) groups is 1. The van der Waals surface area contributed by atoms with Gasteiger partial charge in [-0.1, -0.05) is 6.92 Å². The van der Waals surface area contributed by atoms with Crippen molar-refractivity contribution in [2.24, 2.45) is 0 Å². The number of amides is 2. The van der Waals surface area contributed by atoms with E-state index in [9.17, 15) is 9.18 Å². The van der Waals surface area contributed by atoms with Gasteiger partial charge in [0.05, 0.1) is 0 Å². The van der Waals surface area contributed by atoms with Gasteiger partial charge in [-0.05, 0) is 49.9 Å². The number of hydrogen-bond donors (Lipinski definition) is 1. The van der Waals surface area contributed by atoms with Crippen LogP contribution in [-0.2, 0) is 0 Å². The molecule has 0 spiro atoms. The lowest BCUT2D eigenvalue weighted by molar-refractivity contribution is 0.205. The second-order valence-electron chi connectivity index (χ2n) is 4.79. The van der Waals surface area contributed by atoms with Crippen LogP contribution in [0.4, 0.5) is 14.9 Å². The van der Waals surface area contributed by atoms with Crippen molar-refractivity contribution in [1.82, 2.24) is 4.90 Å². The molecule has 1 aliphatic heterocycles. The lowest BCUT2D eigenvalue weighted by atomic mass is 10.2. The summed E-state index contributed by atoms with van der Waals surface area (Å²) >= 11 is 0. The van der Waals surface area contributed by atoms with Crippen LogP contribution in [0.15, 0.2) is 18.2 Å². The van der Waals surface area contributed by atoms with Crippen LogP contribution in [-0.4, -0.2) is 23.5 Å². The Kier molecular flexibility index (Phi) is 3.84. The number of carbonyl (C=O) groups excluding carboxylic acids is 1. The van der Waals surface area contributed by atoms with Gasteiger partial charge < -0.3 is 10.2 Å². The summed E-state index contributed by atoms with van der Waals surface area (Å²) in [6.45, 7) is 4.60. The minimum atomic E-state index is -0.249. The Morgan fingerprint density at radius 1 is 1.56 bits per heavy atom. The van der Waals surface area contributed by atoms with Crippen molar-refractivity contribution in [3.63, 3.8) is 0 Å². The Labute approximate surface area is 107 Å². The zero-order valence-corrected chi connectivity index (χ0v) is 10.9. The maximum absolute atomic E-state index is 13.1. The van der Waals surface area contributed by atoms with Gasteiger partial charge in [0.1, 0.15) is 5.82 Å². The highest BCUT2D eigenvalue weighted by Crippen LogP contribution is 2.21. The van der Waals surface area contributed by atoms with E-state index < -0.39 is 0 Å². The van der Waals surface area contributed by atoms with Gasteiger partial charge in [0.15, 0.2) is 0 Å². The van der Waals surface area contributed by atoms with Crippen molar-refractivity contribution >= 4 is 11.7 Å². The van der Waals surface area contributed by atoms with E-state index >= 15 is 0 Å². The fraction of sp³-hybridized carbons (Fsp3) is 0.500. The summed E-state index contributed by atoms with van der Waals surface area (Å²) in [6, 6.07) is 4.89. The van der Waals surface area contributed by atoms with Crippen molar-refractivity contribution in [2.75, 3.05) is 11.9 Å². The second kappa shape index (κ2) is 5.38. The minimum Gasteiger partial charge on any atom is -0.322 e. The van der Waals surface area contributed by atoms with Gasteiger partial charge in [-0.2, -0.15) is 0 Å². The summed E-state index contributed by atoms with van der Waals surface area (Å²) in [5.41, 5.74) is 1.20. The minimum absolute atomic E-state index is 0.0784. The topological polar surface area (TPSA) is 32.3 Å². The van der Waals surface area contributed by atoms with Crippen LogP contribution < -0.4 is 5.32 Å². The van der Waals surface area contributed by atoms with Gasteiger partial charge >= 0.3 is 6.03 Å². The molecule has 1 aliphatic rings. The van der Waals surface area contributed by atoms with Gasteiger partial charge in [-0.3, -0.25) is 0 Å². The Bertz CT molecular complexity index is 447. The van der Waals surface area contributed by atoms with Crippen molar-refractivity contribution in [2.45, 2.75) is 39.2 Å². The normalized spacial score (nSPS) is 19.1. The molecule has 1 fully saturated rings. The molecule has 18 heavy (non-hydrogen) atoms. The summed E-state index contributed by atoms with van der Waals surface area (Å²) in [7, 11) is 0. The largest absolute Gasteiger partial charge is 0.322 e. The number of nitrogens with zero attached hydrogens (tertiary/aromatic N) is 1. The van der Waals surface area contributed by atoms with Crippen LogP contribution in [0.5, 0.6) is 0 Å². The molecule has 2 amide bonds. The molecule has 1 saturated heterocycles. The fourth-order valence-corrected chi connectivity index (χ4v) is 2.45. The highest BCUT2D eigenvalue weighted by atomic mass is 19.1. The molecule has 1 N–H and O–H groups in total. The van der Waals surface area contributed by atoms with E-state index in [2.05, 4.69) is 12.2 Å². The number of anilines is 1. The van der Waals surface area contributed by atoms with Crippen molar-refractivity contribution < 1.29 is 9.18 Å². The third-order valence-corrected chi connectivity index (χ3v) is 3.52. The van der Waals surface area contributed by atoms with Crippen molar-refractivity contribution in [3.05, 3.63) is 29.6 Å². The SMILES string of the molecule is CCC1CCCN1C(=O)Nc1ccc(F)c(C)c1. The molecule has 3 nitrogen and oxygen atoms in total. The van der Waals surface area contributed by atoms with Crippen LogP contribution in [0, 0.1) is 12.7 Å². The summed E-state index contributed by atoms with van der Waals surface area (Å²) in [5.74, 6) is -0.249. The number of benzene rings is 1. The number of aryl methyl sites for hydroxylation is 1. The standard InChI is InChI=1S/C14H19FN2O/c1-3-12-5-4-8-17(12)14(18)16-11-6-7-13(15)10(2)9-11/h6-7,9,12H,3-5,8H2,1-2H3,(H,16,18). The Morgan fingerprint density at radius 2 is 2.33 bits per heavy atom. The molecule has 0 aromatic heterocycles. The first kappa shape index (κ1) is 12.9. The van der Waals surface area contributed by atoms with Gasteiger partial charge in [-0.15, -0.1) is 0 Å². The number of urea groups is 1. The fourth-order valence-electron chi connectivity index (χ4n) is 2.45. The summed E-state index contributed by atoms with van der Waals surface area (Å²) in [5, 5.41) is 2.84. The highest BCUT2D eigenvalue weighted by Gasteiger charge is 2.27. The van der Waals surface area contributed by atoms with Crippen molar-refractivity contribution in [1.29, 1.82) is 0 Å². The molecule has 98 valence electrons. The first-order valence-electron chi connectivity index (χ1n) is 6.45. The summed E-state index contributed by atoms with van der Waals surface area (Å²) in [6.07, 6.45) is 3.12. The van der Waals surface area contributed by atoms with E-state index in [0.717, 1.165) is 25.8 Å². The van der Waals surface area contributed by atoms with E-state index in [4.69, 9.17) is 0 Å². The first-order chi connectivity index (χ1) is 8.61. The number of rotatable bonds is 2. The van der Waals surface area contributed by atoms with Crippen LogP contribution in [0.3, 0.4) is 0 Å². The lowest BCUT2D eigenvalue weighted by Crippen LogP contribution is -2.38. The zero-order valence-electron chi connectivity index (χ0n) is 10.9. The average molecular weight is 250 g/mol. The van der Waals surface area contributed by atoms with E-state index in [-0.39, 0.29) is 11.8 Å². The molecule has 1 aromatic rings. The van der Waals surface area contributed by atoms with Gasteiger partial charge in [0.25, 0.3) is 0 Å². The van der Waals surface area contributed by atoms with Crippen molar-refractivity contribution in [3.8, 4) is 0 Å². The van der Waals surface area contributed by atoms with Gasteiger partial charge in [0.2, 0.25) is 0 Å². The molecule has 4 heteroatoms. The molecule has 2 rings (SSSR count). The van der Waals surface area contributed by atoms with E-state index in [1.54, 1.807) is 19.1 Å². The molecule has 1 atom stereocenters. The number of hydrogen-bond acceptors (Lipinski definition) is 1. The molecular weight excluding hydrogens is 231 g/mol. The molecule has 0 radical (unpaired) electrons. The van der Waals surface area contributed by atoms with Crippen LogP contribution in [0.1, 0.15) is 31.7 Å². The third kappa shape index (κ3) is 2.63. The van der Waals surface area contributed by atoms with Gasteiger partial charge in [-0.25, -0.2) is 9.18 Å².